The standard InChI is InChI=1S/C14H20N2O2/c1-9-6-10(2)13(15)7-12(9)14(17)18-11-4-5-16(3)8-11/h6-7,11H,4-5,8,15H2,1-3H3. The number of nitrogen functional groups attached to an aromatic ring is 1. The van der Waals surface area contributed by atoms with Gasteiger partial charge < -0.3 is 15.4 Å². The lowest BCUT2D eigenvalue weighted by molar-refractivity contribution is 0.0326. The van der Waals surface area contributed by atoms with Gasteiger partial charge in [0.1, 0.15) is 6.10 Å². The molecular weight excluding hydrogens is 228 g/mol. The summed E-state index contributed by atoms with van der Waals surface area (Å²) in [7, 11) is 2.03. The number of carbonyl (C=O) groups is 1. The van der Waals surface area contributed by atoms with E-state index in [1.165, 1.54) is 0 Å². The van der Waals surface area contributed by atoms with Crippen molar-refractivity contribution in [3.63, 3.8) is 0 Å². The zero-order valence-corrected chi connectivity index (χ0v) is 11.2. The molecule has 0 saturated carbocycles. The van der Waals surface area contributed by atoms with Gasteiger partial charge in [-0.2, -0.15) is 0 Å². The highest BCUT2D eigenvalue weighted by Gasteiger charge is 2.24. The molecule has 0 bridgehead atoms. The van der Waals surface area contributed by atoms with Crippen LogP contribution in [-0.2, 0) is 4.74 Å². The Hall–Kier alpha value is -1.55. The summed E-state index contributed by atoms with van der Waals surface area (Å²) < 4.78 is 5.51. The average molecular weight is 248 g/mol. The molecule has 1 aliphatic heterocycles. The Morgan fingerprint density at radius 2 is 2.11 bits per heavy atom. The van der Waals surface area contributed by atoms with E-state index in [0.717, 1.165) is 30.6 Å². The number of likely N-dealkylation sites (N-methyl/N-ethyl adjacent to an activating group) is 1. The van der Waals surface area contributed by atoms with E-state index < -0.39 is 0 Å². The van der Waals surface area contributed by atoms with Crippen LogP contribution in [0.25, 0.3) is 0 Å². The summed E-state index contributed by atoms with van der Waals surface area (Å²) in [6.45, 7) is 5.63. The van der Waals surface area contributed by atoms with E-state index in [4.69, 9.17) is 10.5 Å². The zero-order chi connectivity index (χ0) is 13.3. The molecule has 1 fully saturated rings. The third-order valence-corrected chi connectivity index (χ3v) is 3.45. The highest BCUT2D eigenvalue weighted by molar-refractivity contribution is 5.92. The molecule has 1 heterocycles. The lowest BCUT2D eigenvalue weighted by atomic mass is 10.0. The number of carbonyl (C=O) groups excluding carboxylic acids is 1. The van der Waals surface area contributed by atoms with E-state index in [1.54, 1.807) is 6.07 Å². The van der Waals surface area contributed by atoms with E-state index >= 15 is 0 Å². The molecule has 0 aromatic heterocycles. The molecule has 0 spiro atoms. The van der Waals surface area contributed by atoms with Crippen LogP contribution in [0.1, 0.15) is 27.9 Å². The number of hydrogen-bond donors (Lipinski definition) is 1. The van der Waals surface area contributed by atoms with Gasteiger partial charge in [0.2, 0.25) is 0 Å². The Morgan fingerprint density at radius 3 is 2.72 bits per heavy atom. The smallest absolute Gasteiger partial charge is 0.338 e. The van der Waals surface area contributed by atoms with Crippen molar-refractivity contribution in [2.75, 3.05) is 25.9 Å². The number of ether oxygens (including phenoxy) is 1. The van der Waals surface area contributed by atoms with Gasteiger partial charge in [-0.05, 0) is 44.5 Å². The monoisotopic (exact) mass is 248 g/mol. The number of hydrogen-bond acceptors (Lipinski definition) is 4. The Balaban J connectivity index is 2.11. The molecule has 98 valence electrons. The number of aryl methyl sites for hydroxylation is 2. The zero-order valence-electron chi connectivity index (χ0n) is 11.2. The average Bonchev–Trinajstić information content (AvgIpc) is 2.69. The molecule has 2 rings (SSSR count). The number of likely N-dealkylation sites (tertiary alicyclic amines) is 1. The topological polar surface area (TPSA) is 55.6 Å². The minimum atomic E-state index is -0.264. The minimum Gasteiger partial charge on any atom is -0.457 e. The third-order valence-electron chi connectivity index (χ3n) is 3.45. The first kappa shape index (κ1) is 12.9. The van der Waals surface area contributed by atoms with Gasteiger partial charge in [0.25, 0.3) is 0 Å². The van der Waals surface area contributed by atoms with Crippen LogP contribution in [0.2, 0.25) is 0 Å². The molecule has 0 amide bonds. The van der Waals surface area contributed by atoms with Gasteiger partial charge in [0.15, 0.2) is 0 Å². The van der Waals surface area contributed by atoms with Gasteiger partial charge in [-0.3, -0.25) is 0 Å². The summed E-state index contributed by atoms with van der Waals surface area (Å²) in [5.74, 6) is -0.264. The van der Waals surface area contributed by atoms with Crippen LogP contribution < -0.4 is 5.73 Å². The Bertz CT molecular complexity index is 471. The molecule has 0 radical (unpaired) electrons. The van der Waals surface area contributed by atoms with Gasteiger partial charge in [-0.15, -0.1) is 0 Å². The second-order valence-electron chi connectivity index (χ2n) is 5.10. The fraction of sp³-hybridized carbons (Fsp3) is 0.500. The third kappa shape index (κ3) is 2.64. The maximum Gasteiger partial charge on any atom is 0.338 e. The number of rotatable bonds is 2. The summed E-state index contributed by atoms with van der Waals surface area (Å²) in [5.41, 5.74) is 8.96. The fourth-order valence-electron chi connectivity index (χ4n) is 2.29. The molecule has 0 aliphatic carbocycles. The second-order valence-corrected chi connectivity index (χ2v) is 5.10. The Labute approximate surface area is 108 Å². The molecule has 4 heteroatoms. The molecule has 1 aliphatic rings. The lowest BCUT2D eigenvalue weighted by Crippen LogP contribution is -2.22. The predicted octanol–water partition coefficient (Wildman–Crippen LogP) is 1.75. The fourth-order valence-corrected chi connectivity index (χ4v) is 2.29. The first-order valence-corrected chi connectivity index (χ1v) is 6.23. The van der Waals surface area contributed by atoms with Gasteiger partial charge in [0.05, 0.1) is 5.56 Å². The highest BCUT2D eigenvalue weighted by atomic mass is 16.5. The van der Waals surface area contributed by atoms with E-state index in [2.05, 4.69) is 4.90 Å². The van der Waals surface area contributed by atoms with Crippen molar-refractivity contribution >= 4 is 11.7 Å². The second kappa shape index (κ2) is 4.98. The lowest BCUT2D eigenvalue weighted by Gasteiger charge is -2.14. The Morgan fingerprint density at radius 1 is 1.39 bits per heavy atom. The number of nitrogens with two attached hydrogens (primary N) is 1. The first-order valence-electron chi connectivity index (χ1n) is 6.23. The molecule has 1 aromatic rings. The van der Waals surface area contributed by atoms with Crippen LogP contribution in [0, 0.1) is 13.8 Å². The number of benzene rings is 1. The SMILES string of the molecule is Cc1cc(C)c(C(=O)OC2CCN(C)C2)cc1N. The molecule has 4 nitrogen and oxygen atoms in total. The maximum atomic E-state index is 12.1. The maximum absolute atomic E-state index is 12.1. The number of anilines is 1. The number of esters is 1. The van der Waals surface area contributed by atoms with Crippen LogP contribution in [-0.4, -0.2) is 37.1 Å². The molecule has 2 N–H and O–H groups in total. The summed E-state index contributed by atoms with van der Waals surface area (Å²) in [6, 6.07) is 3.64. The van der Waals surface area contributed by atoms with Crippen molar-refractivity contribution in [2.45, 2.75) is 26.4 Å². The van der Waals surface area contributed by atoms with Crippen LogP contribution in [0.3, 0.4) is 0 Å². The van der Waals surface area contributed by atoms with Gasteiger partial charge in [0, 0.05) is 18.8 Å². The van der Waals surface area contributed by atoms with Crippen LogP contribution in [0.5, 0.6) is 0 Å². The molecule has 1 aromatic carbocycles. The summed E-state index contributed by atoms with van der Waals surface area (Å²) in [6.07, 6.45) is 0.909. The quantitative estimate of drug-likeness (QED) is 0.640. The van der Waals surface area contributed by atoms with E-state index in [9.17, 15) is 4.79 Å². The van der Waals surface area contributed by atoms with Gasteiger partial charge >= 0.3 is 5.97 Å². The molecular formula is C14H20N2O2. The predicted molar refractivity (Wildman–Crippen MR) is 71.6 cm³/mol. The number of nitrogens with zero attached hydrogens (tertiary/aromatic N) is 1. The van der Waals surface area contributed by atoms with Crippen LogP contribution >= 0.6 is 0 Å². The first-order chi connectivity index (χ1) is 8.47. The minimum absolute atomic E-state index is 0.00410. The van der Waals surface area contributed by atoms with Crippen molar-refractivity contribution in [1.29, 1.82) is 0 Å². The molecule has 1 atom stereocenters. The summed E-state index contributed by atoms with van der Waals surface area (Å²) >= 11 is 0. The van der Waals surface area contributed by atoms with Crippen molar-refractivity contribution < 1.29 is 9.53 Å². The highest BCUT2D eigenvalue weighted by Crippen LogP contribution is 2.20. The van der Waals surface area contributed by atoms with E-state index in [0.29, 0.717) is 11.3 Å². The molecule has 18 heavy (non-hydrogen) atoms. The normalized spacial score (nSPS) is 20.1. The molecule has 1 unspecified atom stereocenters. The van der Waals surface area contributed by atoms with Crippen molar-refractivity contribution in [2.24, 2.45) is 0 Å². The molecule has 1 saturated heterocycles. The van der Waals surface area contributed by atoms with Crippen LogP contribution in [0.4, 0.5) is 5.69 Å². The summed E-state index contributed by atoms with van der Waals surface area (Å²) in [5, 5.41) is 0. The van der Waals surface area contributed by atoms with Crippen LogP contribution in [0.15, 0.2) is 12.1 Å². The van der Waals surface area contributed by atoms with Crippen molar-refractivity contribution in [3.8, 4) is 0 Å². The van der Waals surface area contributed by atoms with Crippen molar-refractivity contribution in [3.05, 3.63) is 28.8 Å². The van der Waals surface area contributed by atoms with E-state index in [-0.39, 0.29) is 12.1 Å². The van der Waals surface area contributed by atoms with Crippen molar-refractivity contribution in [1.82, 2.24) is 4.90 Å². The largest absolute Gasteiger partial charge is 0.457 e. The van der Waals surface area contributed by atoms with Gasteiger partial charge in [-0.1, -0.05) is 6.07 Å². The van der Waals surface area contributed by atoms with Gasteiger partial charge in [-0.25, -0.2) is 4.79 Å². The summed E-state index contributed by atoms with van der Waals surface area (Å²) in [4.78, 5) is 14.3. The van der Waals surface area contributed by atoms with E-state index in [1.807, 2.05) is 27.0 Å². The Kier molecular flexibility index (Phi) is 3.57.